The third-order valence-electron chi connectivity index (χ3n) is 12.1. The van der Waals surface area contributed by atoms with Gasteiger partial charge in [-0.3, -0.25) is 9.59 Å². The zero-order valence-electron chi connectivity index (χ0n) is 38.4. The summed E-state index contributed by atoms with van der Waals surface area (Å²) in [6, 6.07) is 0. The summed E-state index contributed by atoms with van der Waals surface area (Å²) < 4.78 is 33.4. The predicted octanol–water partition coefficient (Wildman–Crippen LogP) is 6.04. The van der Waals surface area contributed by atoms with Crippen LogP contribution in [0.25, 0.3) is 0 Å². The highest BCUT2D eigenvalue weighted by atomic mass is 16.7. The Kier molecular flexibility index (Phi) is 32.6. The lowest BCUT2D eigenvalue weighted by molar-refractivity contribution is -0.332. The van der Waals surface area contributed by atoms with Crippen molar-refractivity contribution in [3.8, 4) is 0 Å². The van der Waals surface area contributed by atoms with E-state index < -0.39 is 92.7 Å². The van der Waals surface area contributed by atoms with Gasteiger partial charge in [-0.15, -0.1) is 0 Å². The number of esters is 2. The van der Waals surface area contributed by atoms with Crippen molar-refractivity contribution in [1.29, 1.82) is 0 Å². The lowest BCUT2D eigenvalue weighted by Gasteiger charge is -2.42. The highest BCUT2D eigenvalue weighted by Crippen LogP contribution is 2.26. The van der Waals surface area contributed by atoms with E-state index in [1.807, 2.05) is 0 Å². The van der Waals surface area contributed by atoms with Crippen molar-refractivity contribution in [2.24, 2.45) is 0 Å². The van der Waals surface area contributed by atoms with Crippen LogP contribution in [0.5, 0.6) is 0 Å². The first-order chi connectivity index (χ1) is 30.0. The molecule has 0 spiro atoms. The number of rotatable bonds is 38. The Labute approximate surface area is 372 Å². The molecule has 2 fully saturated rings. The molecule has 2 aliphatic heterocycles. The number of unbranched alkanes of at least 4 members (excludes halogenated alkanes) is 24. The molecule has 0 radical (unpaired) electrons. The number of ether oxygens (including phenoxy) is 6. The molecule has 2 rings (SSSR count). The Hall–Kier alpha value is -1.50. The standard InChI is InChI=1S/C47H88O15/c1-3-5-7-9-11-12-13-14-15-16-17-18-19-20-21-22-24-26-28-30-39(50)60-35(32-57-38(49)29-27-25-23-10-8-6-4-2)33-58-46-45(56)43(54)41(52)37(62-46)34-59-47-44(55)42(53)40(51)36(31-48)61-47/h35-37,40-48,51-56H,3-34H2,1-2H3. The molecule has 2 saturated heterocycles. The fraction of sp³-hybridized carbons (Fsp3) is 0.957. The highest BCUT2D eigenvalue weighted by molar-refractivity contribution is 5.70. The summed E-state index contributed by atoms with van der Waals surface area (Å²) in [5, 5.41) is 71.8. The van der Waals surface area contributed by atoms with Crippen molar-refractivity contribution >= 4 is 11.9 Å². The average molecular weight is 893 g/mol. The van der Waals surface area contributed by atoms with Crippen LogP contribution in [-0.4, -0.2) is 142 Å². The minimum Gasteiger partial charge on any atom is -0.462 e. The number of hydrogen-bond acceptors (Lipinski definition) is 15. The Balaban J connectivity index is 1.76. The Morgan fingerprint density at radius 3 is 1.26 bits per heavy atom. The molecule has 2 aliphatic rings. The first-order valence-electron chi connectivity index (χ1n) is 24.6. The molecule has 0 saturated carbocycles. The predicted molar refractivity (Wildman–Crippen MR) is 234 cm³/mol. The van der Waals surface area contributed by atoms with Crippen molar-refractivity contribution in [3.63, 3.8) is 0 Å². The molecule has 0 amide bonds. The van der Waals surface area contributed by atoms with Gasteiger partial charge in [0.05, 0.1) is 19.8 Å². The molecule has 7 N–H and O–H groups in total. The lowest BCUT2D eigenvalue weighted by Crippen LogP contribution is -2.61. The molecule has 366 valence electrons. The van der Waals surface area contributed by atoms with Crippen LogP contribution in [0.15, 0.2) is 0 Å². The van der Waals surface area contributed by atoms with E-state index in [0.29, 0.717) is 12.8 Å². The molecule has 11 unspecified atom stereocenters. The monoisotopic (exact) mass is 893 g/mol. The second-order valence-electron chi connectivity index (χ2n) is 17.7. The molecule has 0 aromatic heterocycles. The summed E-state index contributed by atoms with van der Waals surface area (Å²) in [6.45, 7) is 2.56. The summed E-state index contributed by atoms with van der Waals surface area (Å²) in [7, 11) is 0. The van der Waals surface area contributed by atoms with Gasteiger partial charge < -0.3 is 64.2 Å². The van der Waals surface area contributed by atoms with Crippen LogP contribution in [0.3, 0.4) is 0 Å². The molecule has 62 heavy (non-hydrogen) atoms. The zero-order chi connectivity index (χ0) is 45.4. The van der Waals surface area contributed by atoms with E-state index in [1.165, 1.54) is 109 Å². The van der Waals surface area contributed by atoms with Crippen LogP contribution >= 0.6 is 0 Å². The summed E-state index contributed by atoms with van der Waals surface area (Å²) in [5.74, 6) is -0.920. The van der Waals surface area contributed by atoms with E-state index in [-0.39, 0.29) is 26.1 Å². The van der Waals surface area contributed by atoms with E-state index in [1.54, 1.807) is 0 Å². The second-order valence-corrected chi connectivity index (χ2v) is 17.7. The molecular formula is C47H88O15. The quantitative estimate of drug-likeness (QED) is 0.0277. The van der Waals surface area contributed by atoms with E-state index >= 15 is 0 Å². The summed E-state index contributed by atoms with van der Waals surface area (Å²) in [6.07, 6.45) is 14.6. The van der Waals surface area contributed by atoms with Crippen molar-refractivity contribution in [3.05, 3.63) is 0 Å². The normalized spacial score (nSPS) is 27.0. The first kappa shape index (κ1) is 56.6. The number of carbonyl (C=O) groups excluding carboxylic acids is 2. The van der Waals surface area contributed by atoms with Gasteiger partial charge in [0.1, 0.15) is 55.4 Å². The molecular weight excluding hydrogens is 805 g/mol. The van der Waals surface area contributed by atoms with Gasteiger partial charge in [0, 0.05) is 12.8 Å². The smallest absolute Gasteiger partial charge is 0.306 e. The van der Waals surface area contributed by atoms with E-state index in [0.717, 1.165) is 44.9 Å². The third kappa shape index (κ3) is 24.1. The Morgan fingerprint density at radius 2 is 0.823 bits per heavy atom. The van der Waals surface area contributed by atoms with Crippen LogP contribution < -0.4 is 0 Å². The summed E-state index contributed by atoms with van der Waals surface area (Å²) >= 11 is 0. The molecule has 15 heteroatoms. The van der Waals surface area contributed by atoms with Gasteiger partial charge >= 0.3 is 11.9 Å². The number of aliphatic hydroxyl groups is 7. The molecule has 11 atom stereocenters. The van der Waals surface area contributed by atoms with Gasteiger partial charge in [0.15, 0.2) is 18.7 Å². The largest absolute Gasteiger partial charge is 0.462 e. The van der Waals surface area contributed by atoms with Crippen molar-refractivity contribution in [2.75, 3.05) is 26.4 Å². The molecule has 2 heterocycles. The first-order valence-corrected chi connectivity index (χ1v) is 24.6. The van der Waals surface area contributed by atoms with Crippen molar-refractivity contribution < 1.29 is 73.8 Å². The molecule has 0 aromatic carbocycles. The fourth-order valence-electron chi connectivity index (χ4n) is 7.98. The number of aliphatic hydroxyl groups excluding tert-OH is 7. The maximum Gasteiger partial charge on any atom is 0.306 e. The van der Waals surface area contributed by atoms with Gasteiger partial charge in [-0.2, -0.15) is 0 Å². The van der Waals surface area contributed by atoms with Gasteiger partial charge in [-0.1, -0.05) is 168 Å². The van der Waals surface area contributed by atoms with Crippen LogP contribution in [-0.2, 0) is 38.0 Å². The maximum absolute atomic E-state index is 12.9. The zero-order valence-corrected chi connectivity index (χ0v) is 38.4. The van der Waals surface area contributed by atoms with Crippen LogP contribution in [0.1, 0.15) is 194 Å². The van der Waals surface area contributed by atoms with Gasteiger partial charge in [-0.25, -0.2) is 0 Å². The van der Waals surface area contributed by atoms with Gasteiger partial charge in [0.25, 0.3) is 0 Å². The second kappa shape index (κ2) is 35.7. The maximum atomic E-state index is 12.9. The average Bonchev–Trinajstić information content (AvgIpc) is 3.26. The molecule has 0 bridgehead atoms. The van der Waals surface area contributed by atoms with Gasteiger partial charge in [0.2, 0.25) is 0 Å². The summed E-state index contributed by atoms with van der Waals surface area (Å²) in [5.41, 5.74) is 0. The summed E-state index contributed by atoms with van der Waals surface area (Å²) in [4.78, 5) is 25.5. The van der Waals surface area contributed by atoms with Gasteiger partial charge in [-0.05, 0) is 12.8 Å². The van der Waals surface area contributed by atoms with Crippen molar-refractivity contribution in [2.45, 2.75) is 261 Å². The molecule has 0 aromatic rings. The highest BCUT2D eigenvalue weighted by Gasteiger charge is 2.47. The fourth-order valence-corrected chi connectivity index (χ4v) is 7.98. The third-order valence-corrected chi connectivity index (χ3v) is 12.1. The van der Waals surface area contributed by atoms with E-state index in [2.05, 4.69) is 13.8 Å². The van der Waals surface area contributed by atoms with Crippen molar-refractivity contribution in [1.82, 2.24) is 0 Å². The lowest BCUT2D eigenvalue weighted by atomic mass is 9.98. The SMILES string of the molecule is CCCCCCCCCCCCCCCCCCCCCC(=O)OC(COC(=O)CCCCCCCCC)COC1OC(COC2OC(CO)C(O)C(O)C2O)C(O)C(O)C1O. The van der Waals surface area contributed by atoms with E-state index in [9.17, 15) is 45.3 Å². The molecule has 15 nitrogen and oxygen atoms in total. The van der Waals surface area contributed by atoms with E-state index in [4.69, 9.17) is 28.4 Å². The van der Waals surface area contributed by atoms with Crippen LogP contribution in [0.4, 0.5) is 0 Å². The minimum absolute atomic E-state index is 0.173. The number of carbonyl (C=O) groups is 2. The van der Waals surface area contributed by atoms with Crippen LogP contribution in [0, 0.1) is 0 Å². The minimum atomic E-state index is -1.76. The number of hydrogen-bond donors (Lipinski definition) is 7. The Bertz CT molecular complexity index is 1100. The topological polar surface area (TPSA) is 231 Å². The Morgan fingerprint density at radius 1 is 0.452 bits per heavy atom. The van der Waals surface area contributed by atoms with Crippen LogP contribution in [0.2, 0.25) is 0 Å². The molecule has 0 aliphatic carbocycles.